The van der Waals surface area contributed by atoms with Crippen LogP contribution in [0.15, 0.2) is 61.1 Å². The lowest BCUT2D eigenvalue weighted by Crippen LogP contribution is -2.44. The van der Waals surface area contributed by atoms with Gasteiger partial charge >= 0.3 is 0 Å². The van der Waals surface area contributed by atoms with Gasteiger partial charge in [-0.2, -0.15) is 10.2 Å². The fourth-order valence-corrected chi connectivity index (χ4v) is 6.01. The number of methoxy groups -OCH3 is 1. The number of aromatic nitrogens is 3. The number of fused-ring (bicyclic) bond motifs is 3. The average Bonchev–Trinajstić information content (AvgIpc) is 3.39. The third kappa shape index (κ3) is 3.20. The van der Waals surface area contributed by atoms with Crippen molar-refractivity contribution in [3.05, 3.63) is 82.8 Å². The maximum atomic E-state index is 13.8. The van der Waals surface area contributed by atoms with Gasteiger partial charge in [-0.15, -0.1) is 0 Å². The topological polar surface area (TPSA) is 60.2 Å². The molecule has 0 bridgehead atoms. The van der Waals surface area contributed by atoms with Crippen molar-refractivity contribution in [3.8, 4) is 11.4 Å². The van der Waals surface area contributed by atoms with Crippen molar-refractivity contribution in [1.82, 2.24) is 19.7 Å². The Morgan fingerprint density at radius 2 is 1.79 bits per heavy atom. The van der Waals surface area contributed by atoms with Crippen LogP contribution in [0.1, 0.15) is 53.6 Å². The Kier molecular flexibility index (Phi) is 5.06. The van der Waals surface area contributed by atoms with Crippen molar-refractivity contribution in [2.75, 3.05) is 7.11 Å². The number of ether oxygens (including phenoxy) is 1. The van der Waals surface area contributed by atoms with Crippen molar-refractivity contribution in [2.24, 2.45) is 0 Å². The average molecular weight is 473 g/mol. The number of benzene rings is 2. The Hall–Kier alpha value is -3.38. The van der Waals surface area contributed by atoms with E-state index in [0.717, 1.165) is 59.2 Å². The summed E-state index contributed by atoms with van der Waals surface area (Å²) in [6.45, 7) is 0.547. The highest BCUT2D eigenvalue weighted by Crippen LogP contribution is 2.51. The van der Waals surface area contributed by atoms with E-state index in [1.54, 1.807) is 19.5 Å². The molecule has 2 aromatic heterocycles. The molecule has 1 aliphatic carbocycles. The van der Waals surface area contributed by atoms with Crippen molar-refractivity contribution in [2.45, 2.75) is 44.2 Å². The molecule has 1 spiro atoms. The number of rotatable bonds is 4. The van der Waals surface area contributed by atoms with Gasteiger partial charge in [-0.3, -0.25) is 4.79 Å². The molecule has 0 saturated heterocycles. The first-order valence-corrected chi connectivity index (χ1v) is 12.1. The predicted molar refractivity (Wildman–Crippen MR) is 132 cm³/mol. The Labute approximate surface area is 203 Å². The Balaban J connectivity index is 1.47. The van der Waals surface area contributed by atoms with Crippen LogP contribution < -0.4 is 4.74 Å². The van der Waals surface area contributed by atoms with Crippen LogP contribution in [0.5, 0.6) is 5.75 Å². The first kappa shape index (κ1) is 21.2. The highest BCUT2D eigenvalue weighted by atomic mass is 35.5. The molecule has 6 rings (SSSR count). The molecule has 1 fully saturated rings. The maximum Gasteiger partial charge on any atom is 0.256 e. The van der Waals surface area contributed by atoms with E-state index in [2.05, 4.69) is 25.7 Å². The Morgan fingerprint density at radius 3 is 2.56 bits per heavy atom. The van der Waals surface area contributed by atoms with E-state index in [-0.39, 0.29) is 11.4 Å². The van der Waals surface area contributed by atoms with Gasteiger partial charge in [0.15, 0.2) is 0 Å². The number of hydrogen-bond acceptors (Lipinski definition) is 4. The molecule has 1 aliphatic heterocycles. The molecule has 0 radical (unpaired) electrons. The van der Waals surface area contributed by atoms with Crippen molar-refractivity contribution >= 4 is 28.4 Å². The minimum Gasteiger partial charge on any atom is -0.497 e. The number of halogens is 1. The molecule has 34 heavy (non-hydrogen) atoms. The minimum absolute atomic E-state index is 0.0208. The number of carbonyl (C=O) groups is 1. The summed E-state index contributed by atoms with van der Waals surface area (Å²) in [6.07, 6.45) is 10.8. The SMILES string of the molecule is COc1ccc(CN2C(=O)c3c(Cl)cc(-n4ccc5cnncc54)cc3C23CCCCC3)cc1. The van der Waals surface area contributed by atoms with Crippen LogP contribution in [0.3, 0.4) is 0 Å². The van der Waals surface area contributed by atoms with E-state index in [1.807, 2.05) is 42.6 Å². The van der Waals surface area contributed by atoms with E-state index >= 15 is 0 Å². The highest BCUT2D eigenvalue weighted by Gasteiger charge is 2.50. The zero-order chi connectivity index (χ0) is 23.3. The lowest BCUT2D eigenvalue weighted by molar-refractivity contribution is 0.0387. The van der Waals surface area contributed by atoms with Gasteiger partial charge in [0.2, 0.25) is 0 Å². The highest BCUT2D eigenvalue weighted by molar-refractivity contribution is 6.34. The zero-order valence-corrected chi connectivity index (χ0v) is 19.8. The van der Waals surface area contributed by atoms with Gasteiger partial charge < -0.3 is 14.2 Å². The molecule has 1 amide bonds. The van der Waals surface area contributed by atoms with Crippen molar-refractivity contribution < 1.29 is 9.53 Å². The van der Waals surface area contributed by atoms with Gasteiger partial charge in [0.1, 0.15) is 5.75 Å². The number of nitrogens with zero attached hydrogens (tertiary/aromatic N) is 4. The number of amides is 1. The molecule has 172 valence electrons. The molecule has 0 unspecified atom stereocenters. The monoisotopic (exact) mass is 472 g/mol. The molecule has 3 heterocycles. The van der Waals surface area contributed by atoms with Crippen molar-refractivity contribution in [1.29, 1.82) is 0 Å². The number of hydrogen-bond donors (Lipinski definition) is 0. The maximum absolute atomic E-state index is 13.8. The van der Waals surface area contributed by atoms with E-state index in [9.17, 15) is 4.79 Å². The first-order valence-electron chi connectivity index (χ1n) is 11.7. The molecular formula is C27H25ClN4O2. The second-order valence-corrected chi connectivity index (χ2v) is 9.60. The third-order valence-corrected chi connectivity index (χ3v) is 7.71. The summed E-state index contributed by atoms with van der Waals surface area (Å²) in [5, 5.41) is 9.56. The molecule has 2 aromatic carbocycles. The Bertz CT molecular complexity index is 1390. The van der Waals surface area contributed by atoms with Gasteiger partial charge in [0, 0.05) is 23.8 Å². The van der Waals surface area contributed by atoms with E-state index in [4.69, 9.17) is 16.3 Å². The normalized spacial score (nSPS) is 16.9. The second-order valence-electron chi connectivity index (χ2n) is 9.20. The van der Waals surface area contributed by atoms with E-state index < -0.39 is 0 Å². The lowest BCUT2D eigenvalue weighted by atomic mass is 9.76. The fraction of sp³-hybridized carbons (Fsp3) is 0.296. The first-order chi connectivity index (χ1) is 16.6. The summed E-state index contributed by atoms with van der Waals surface area (Å²) < 4.78 is 7.38. The Morgan fingerprint density at radius 1 is 1.03 bits per heavy atom. The molecule has 4 aromatic rings. The molecule has 0 N–H and O–H groups in total. The lowest BCUT2D eigenvalue weighted by Gasteiger charge is -2.42. The van der Waals surface area contributed by atoms with Gasteiger partial charge in [-0.25, -0.2) is 0 Å². The third-order valence-electron chi connectivity index (χ3n) is 7.41. The van der Waals surface area contributed by atoms with Crippen LogP contribution in [0.2, 0.25) is 5.02 Å². The quantitative estimate of drug-likeness (QED) is 0.371. The van der Waals surface area contributed by atoms with Gasteiger partial charge in [0.05, 0.1) is 41.1 Å². The summed E-state index contributed by atoms with van der Waals surface area (Å²) >= 11 is 6.84. The van der Waals surface area contributed by atoms with Gasteiger partial charge in [-0.05, 0) is 54.3 Å². The summed E-state index contributed by atoms with van der Waals surface area (Å²) in [5.41, 5.74) is 4.35. The second kappa shape index (κ2) is 8.13. The molecule has 1 saturated carbocycles. The summed E-state index contributed by atoms with van der Waals surface area (Å²) in [4.78, 5) is 15.9. The summed E-state index contributed by atoms with van der Waals surface area (Å²) in [7, 11) is 1.66. The zero-order valence-electron chi connectivity index (χ0n) is 19.0. The van der Waals surface area contributed by atoms with Crippen molar-refractivity contribution in [3.63, 3.8) is 0 Å². The molecule has 2 aliphatic rings. The van der Waals surface area contributed by atoms with Crippen LogP contribution in [0.25, 0.3) is 16.6 Å². The van der Waals surface area contributed by atoms with Gasteiger partial charge in [-0.1, -0.05) is 43.0 Å². The molecule has 6 nitrogen and oxygen atoms in total. The van der Waals surface area contributed by atoms with Gasteiger partial charge in [0.25, 0.3) is 5.91 Å². The smallest absolute Gasteiger partial charge is 0.256 e. The van der Waals surface area contributed by atoms with Crippen LogP contribution in [-0.4, -0.2) is 32.7 Å². The number of carbonyl (C=O) groups excluding carboxylic acids is 1. The molecule has 7 heteroatoms. The van der Waals surface area contributed by atoms with Crippen LogP contribution in [0, 0.1) is 0 Å². The largest absolute Gasteiger partial charge is 0.497 e. The van der Waals surface area contributed by atoms with Crippen LogP contribution in [0.4, 0.5) is 0 Å². The molecule has 0 atom stereocenters. The standard InChI is InChI=1S/C27H25ClN4O2/c1-34-21-7-5-18(6-8-21)17-32-26(33)25-22(27(32)10-3-2-4-11-27)13-20(14-23(25)28)31-12-9-19-15-29-30-16-24(19)31/h5-9,12-16H,2-4,10-11,17H2,1H3. The van der Waals surface area contributed by atoms with E-state index in [0.29, 0.717) is 17.1 Å². The fourth-order valence-electron chi connectivity index (χ4n) is 5.72. The van der Waals surface area contributed by atoms with Crippen LogP contribution >= 0.6 is 11.6 Å². The summed E-state index contributed by atoms with van der Waals surface area (Å²) in [6, 6.07) is 14.0. The predicted octanol–water partition coefficient (Wildman–Crippen LogP) is 5.90. The summed E-state index contributed by atoms with van der Waals surface area (Å²) in [5.74, 6) is 0.830. The van der Waals surface area contributed by atoms with Crippen LogP contribution in [-0.2, 0) is 12.1 Å². The minimum atomic E-state index is -0.340. The van der Waals surface area contributed by atoms with E-state index in [1.165, 1.54) is 6.42 Å². The molecular weight excluding hydrogens is 448 g/mol.